The summed E-state index contributed by atoms with van der Waals surface area (Å²) < 4.78 is 1.00. The fourth-order valence-corrected chi connectivity index (χ4v) is 3.44. The zero-order chi connectivity index (χ0) is 16.2. The van der Waals surface area contributed by atoms with Gasteiger partial charge in [0.25, 0.3) is 0 Å². The molecule has 5 heteroatoms. The van der Waals surface area contributed by atoms with E-state index in [0.717, 1.165) is 26.4 Å². The molecule has 0 bridgehead atoms. The van der Waals surface area contributed by atoms with Gasteiger partial charge in [-0.2, -0.15) is 0 Å². The fraction of sp³-hybridized carbons (Fsp3) is 0.111. The van der Waals surface area contributed by atoms with Crippen molar-refractivity contribution in [3.63, 3.8) is 0 Å². The van der Waals surface area contributed by atoms with E-state index in [1.807, 2.05) is 60.8 Å². The number of aryl methyl sites for hydroxylation is 1. The highest BCUT2D eigenvalue weighted by molar-refractivity contribution is 9.10. The quantitative estimate of drug-likeness (QED) is 0.680. The number of aromatic nitrogens is 1. The predicted octanol–water partition coefficient (Wildman–Crippen LogP) is 5.06. The maximum absolute atomic E-state index is 12.1. The molecular formula is C18H15BrN2OS. The maximum Gasteiger partial charge on any atom is 0.231 e. The highest BCUT2D eigenvalue weighted by Gasteiger charge is 2.11. The molecule has 0 aliphatic carbocycles. The molecule has 3 rings (SSSR count). The van der Waals surface area contributed by atoms with Crippen LogP contribution in [0.4, 0.5) is 5.69 Å². The Morgan fingerprint density at radius 2 is 1.91 bits per heavy atom. The summed E-state index contributed by atoms with van der Waals surface area (Å²) in [4.78, 5) is 16.7. The SMILES string of the molecule is Cc1ccc(NC(=O)Cc2nc(-c3ccccc3Br)cs2)cc1. The molecule has 0 atom stereocenters. The van der Waals surface area contributed by atoms with Crippen LogP contribution in [0.3, 0.4) is 0 Å². The molecule has 0 fully saturated rings. The van der Waals surface area contributed by atoms with Gasteiger partial charge in [0.15, 0.2) is 0 Å². The first-order valence-corrected chi connectivity index (χ1v) is 8.85. The molecule has 1 amide bonds. The van der Waals surface area contributed by atoms with Crippen LogP contribution in [0, 0.1) is 6.92 Å². The average Bonchev–Trinajstić information content (AvgIpc) is 2.98. The third-order valence-electron chi connectivity index (χ3n) is 3.35. The number of anilines is 1. The minimum Gasteiger partial charge on any atom is -0.326 e. The molecule has 116 valence electrons. The van der Waals surface area contributed by atoms with Gasteiger partial charge in [0.05, 0.1) is 12.1 Å². The molecule has 23 heavy (non-hydrogen) atoms. The van der Waals surface area contributed by atoms with Gasteiger partial charge in [-0.3, -0.25) is 4.79 Å². The van der Waals surface area contributed by atoms with Crippen LogP contribution in [0.5, 0.6) is 0 Å². The Morgan fingerprint density at radius 3 is 2.65 bits per heavy atom. The lowest BCUT2D eigenvalue weighted by molar-refractivity contribution is -0.115. The first-order chi connectivity index (χ1) is 11.1. The van der Waals surface area contributed by atoms with Gasteiger partial charge in [0.2, 0.25) is 5.91 Å². The van der Waals surface area contributed by atoms with Crippen LogP contribution >= 0.6 is 27.3 Å². The summed E-state index contributed by atoms with van der Waals surface area (Å²) in [5.41, 5.74) is 3.90. The van der Waals surface area contributed by atoms with Crippen molar-refractivity contribution in [2.45, 2.75) is 13.3 Å². The largest absolute Gasteiger partial charge is 0.326 e. The van der Waals surface area contributed by atoms with Crippen molar-refractivity contribution >= 4 is 38.9 Å². The van der Waals surface area contributed by atoms with E-state index in [-0.39, 0.29) is 12.3 Å². The standard InChI is InChI=1S/C18H15BrN2OS/c1-12-6-8-13(9-7-12)20-17(22)10-18-21-16(11-23-18)14-4-2-3-5-15(14)19/h2-9,11H,10H2,1H3,(H,20,22). The molecule has 3 nitrogen and oxygen atoms in total. The third kappa shape index (κ3) is 4.06. The number of thiazole rings is 1. The zero-order valence-corrected chi connectivity index (χ0v) is 14.9. The number of amides is 1. The van der Waals surface area contributed by atoms with Crippen LogP contribution in [0.25, 0.3) is 11.3 Å². The number of carbonyl (C=O) groups is 1. The summed E-state index contributed by atoms with van der Waals surface area (Å²) in [5.74, 6) is -0.0538. The normalized spacial score (nSPS) is 10.5. The number of nitrogens with zero attached hydrogens (tertiary/aromatic N) is 1. The van der Waals surface area contributed by atoms with Gasteiger partial charge < -0.3 is 5.32 Å². The fourth-order valence-electron chi connectivity index (χ4n) is 2.16. The molecule has 0 unspecified atom stereocenters. The van der Waals surface area contributed by atoms with Crippen molar-refractivity contribution in [2.24, 2.45) is 0 Å². The molecule has 0 aliphatic rings. The van der Waals surface area contributed by atoms with E-state index in [4.69, 9.17) is 0 Å². The molecule has 0 saturated carbocycles. The second-order valence-corrected chi connectivity index (χ2v) is 6.99. The number of nitrogens with one attached hydrogen (secondary N) is 1. The second-order valence-electron chi connectivity index (χ2n) is 5.20. The van der Waals surface area contributed by atoms with Crippen LogP contribution < -0.4 is 5.32 Å². The van der Waals surface area contributed by atoms with Crippen LogP contribution in [0.15, 0.2) is 58.4 Å². The van der Waals surface area contributed by atoms with E-state index >= 15 is 0 Å². The van der Waals surface area contributed by atoms with Crippen molar-refractivity contribution in [3.8, 4) is 11.3 Å². The molecule has 1 heterocycles. The summed E-state index contributed by atoms with van der Waals surface area (Å²) in [6.45, 7) is 2.02. The summed E-state index contributed by atoms with van der Waals surface area (Å²) in [5, 5.41) is 5.68. The van der Waals surface area contributed by atoms with Gasteiger partial charge in [-0.1, -0.05) is 51.8 Å². The highest BCUT2D eigenvalue weighted by Crippen LogP contribution is 2.29. The zero-order valence-electron chi connectivity index (χ0n) is 12.5. The first kappa shape index (κ1) is 15.9. The van der Waals surface area contributed by atoms with Crippen LogP contribution in [-0.2, 0) is 11.2 Å². The number of hydrogen-bond acceptors (Lipinski definition) is 3. The van der Waals surface area contributed by atoms with Crippen LogP contribution in [-0.4, -0.2) is 10.9 Å². The number of benzene rings is 2. The van der Waals surface area contributed by atoms with Gasteiger partial charge in [-0.25, -0.2) is 4.98 Å². The Kier molecular flexibility index (Phi) is 4.88. The van der Waals surface area contributed by atoms with E-state index in [2.05, 4.69) is 26.2 Å². The molecule has 3 aromatic rings. The van der Waals surface area contributed by atoms with Crippen LogP contribution in [0.2, 0.25) is 0 Å². The molecule has 0 aliphatic heterocycles. The smallest absolute Gasteiger partial charge is 0.231 e. The van der Waals surface area contributed by atoms with E-state index in [1.54, 1.807) is 0 Å². The molecule has 0 spiro atoms. The van der Waals surface area contributed by atoms with Crippen molar-refractivity contribution in [1.82, 2.24) is 4.98 Å². The van der Waals surface area contributed by atoms with Gasteiger partial charge >= 0.3 is 0 Å². The Morgan fingerprint density at radius 1 is 1.17 bits per heavy atom. The average molecular weight is 387 g/mol. The van der Waals surface area contributed by atoms with Crippen molar-refractivity contribution in [1.29, 1.82) is 0 Å². The number of hydrogen-bond donors (Lipinski definition) is 1. The summed E-state index contributed by atoms with van der Waals surface area (Å²) in [7, 11) is 0. The molecular weight excluding hydrogens is 372 g/mol. The lowest BCUT2D eigenvalue weighted by Gasteiger charge is -2.04. The monoisotopic (exact) mass is 386 g/mol. The van der Waals surface area contributed by atoms with E-state index in [0.29, 0.717) is 0 Å². The Hall–Kier alpha value is -1.98. The lowest BCUT2D eigenvalue weighted by Crippen LogP contribution is -2.14. The van der Waals surface area contributed by atoms with Gasteiger partial charge in [0, 0.05) is 21.1 Å². The van der Waals surface area contributed by atoms with Crippen molar-refractivity contribution < 1.29 is 4.79 Å². The number of rotatable bonds is 4. The topological polar surface area (TPSA) is 42.0 Å². The number of halogens is 1. The maximum atomic E-state index is 12.1. The van der Waals surface area contributed by atoms with E-state index in [1.165, 1.54) is 16.9 Å². The van der Waals surface area contributed by atoms with Gasteiger partial charge in [-0.05, 0) is 25.1 Å². The molecule has 0 radical (unpaired) electrons. The second kappa shape index (κ2) is 7.06. The molecule has 0 saturated heterocycles. The highest BCUT2D eigenvalue weighted by atomic mass is 79.9. The Bertz CT molecular complexity index is 827. The van der Waals surface area contributed by atoms with Crippen molar-refractivity contribution in [3.05, 3.63) is 69.0 Å². The summed E-state index contributed by atoms with van der Waals surface area (Å²) in [6.07, 6.45) is 0.281. The third-order valence-corrected chi connectivity index (χ3v) is 4.89. The molecule has 1 aromatic heterocycles. The predicted molar refractivity (Wildman–Crippen MR) is 98.8 cm³/mol. The molecule has 1 N–H and O–H groups in total. The van der Waals surface area contributed by atoms with Gasteiger partial charge in [-0.15, -0.1) is 11.3 Å². The minimum atomic E-state index is -0.0538. The van der Waals surface area contributed by atoms with E-state index in [9.17, 15) is 4.79 Å². The van der Waals surface area contributed by atoms with Crippen molar-refractivity contribution in [2.75, 3.05) is 5.32 Å². The minimum absolute atomic E-state index is 0.0538. The van der Waals surface area contributed by atoms with Crippen LogP contribution in [0.1, 0.15) is 10.6 Å². The van der Waals surface area contributed by atoms with E-state index < -0.39 is 0 Å². The van der Waals surface area contributed by atoms with Gasteiger partial charge in [0.1, 0.15) is 5.01 Å². The first-order valence-electron chi connectivity index (χ1n) is 7.17. The Balaban J connectivity index is 1.68. The number of carbonyl (C=O) groups excluding carboxylic acids is 1. The Labute approximate surface area is 147 Å². The summed E-state index contributed by atoms with van der Waals surface area (Å²) >= 11 is 5.03. The molecule has 2 aromatic carbocycles. The lowest BCUT2D eigenvalue weighted by atomic mass is 10.2. The summed E-state index contributed by atoms with van der Waals surface area (Å²) in [6, 6.07) is 15.7.